The van der Waals surface area contributed by atoms with Crippen molar-refractivity contribution >= 4 is 11.5 Å². The van der Waals surface area contributed by atoms with Crippen LogP contribution < -0.4 is 4.90 Å². The molecule has 0 bridgehead atoms. The molecular weight excluding hydrogens is 276 g/mol. The average molecular weight is 300 g/mol. The maximum atomic E-state index is 10.0. The SMILES string of the molecule is Cc1cc(N2CC3CCCCC3(CO)C2)n2nc(C)cc2n1. The van der Waals surface area contributed by atoms with Crippen molar-refractivity contribution in [2.24, 2.45) is 11.3 Å². The minimum Gasteiger partial charge on any atom is -0.396 e. The Morgan fingerprint density at radius 1 is 1.27 bits per heavy atom. The summed E-state index contributed by atoms with van der Waals surface area (Å²) in [7, 11) is 0. The largest absolute Gasteiger partial charge is 0.396 e. The lowest BCUT2D eigenvalue weighted by atomic mass is 9.69. The van der Waals surface area contributed by atoms with Crippen LogP contribution in [0.5, 0.6) is 0 Å². The van der Waals surface area contributed by atoms with Gasteiger partial charge in [0.2, 0.25) is 0 Å². The molecule has 2 unspecified atom stereocenters. The second kappa shape index (κ2) is 4.95. The number of hydrogen-bond acceptors (Lipinski definition) is 4. The molecule has 0 radical (unpaired) electrons. The van der Waals surface area contributed by atoms with Crippen LogP contribution in [0.3, 0.4) is 0 Å². The van der Waals surface area contributed by atoms with Crippen molar-refractivity contribution in [1.82, 2.24) is 14.6 Å². The summed E-state index contributed by atoms with van der Waals surface area (Å²) in [6, 6.07) is 4.16. The molecule has 1 N–H and O–H groups in total. The Labute approximate surface area is 131 Å². The quantitative estimate of drug-likeness (QED) is 0.925. The molecule has 2 aromatic rings. The summed E-state index contributed by atoms with van der Waals surface area (Å²) in [5, 5.41) is 14.6. The second-order valence-corrected chi connectivity index (χ2v) is 7.16. The van der Waals surface area contributed by atoms with Gasteiger partial charge >= 0.3 is 0 Å². The van der Waals surface area contributed by atoms with Crippen molar-refractivity contribution in [3.8, 4) is 0 Å². The van der Waals surface area contributed by atoms with Gasteiger partial charge in [0.15, 0.2) is 5.65 Å². The van der Waals surface area contributed by atoms with Crippen LogP contribution in [0.15, 0.2) is 12.1 Å². The molecule has 118 valence electrons. The number of aromatic nitrogens is 3. The number of nitrogens with zero attached hydrogens (tertiary/aromatic N) is 4. The van der Waals surface area contributed by atoms with Gasteiger partial charge in [0.1, 0.15) is 5.82 Å². The number of aliphatic hydroxyl groups excluding tert-OH is 1. The molecule has 0 amide bonds. The minimum atomic E-state index is 0.0872. The maximum absolute atomic E-state index is 10.0. The van der Waals surface area contributed by atoms with Gasteiger partial charge in [-0.25, -0.2) is 4.98 Å². The van der Waals surface area contributed by atoms with Gasteiger partial charge in [-0.1, -0.05) is 12.8 Å². The normalized spacial score (nSPS) is 28.3. The van der Waals surface area contributed by atoms with Gasteiger partial charge in [0, 0.05) is 36.3 Å². The minimum absolute atomic E-state index is 0.0872. The number of rotatable bonds is 2. The van der Waals surface area contributed by atoms with Gasteiger partial charge in [-0.2, -0.15) is 9.61 Å². The van der Waals surface area contributed by atoms with Crippen molar-refractivity contribution in [2.45, 2.75) is 39.5 Å². The van der Waals surface area contributed by atoms with Crippen LogP contribution in [0.1, 0.15) is 37.1 Å². The topological polar surface area (TPSA) is 53.7 Å². The monoisotopic (exact) mass is 300 g/mol. The number of aliphatic hydroxyl groups is 1. The van der Waals surface area contributed by atoms with E-state index in [2.05, 4.69) is 21.0 Å². The van der Waals surface area contributed by atoms with E-state index >= 15 is 0 Å². The van der Waals surface area contributed by atoms with Gasteiger partial charge < -0.3 is 10.0 Å². The van der Waals surface area contributed by atoms with Crippen LogP contribution in [0.2, 0.25) is 0 Å². The maximum Gasteiger partial charge on any atom is 0.157 e. The van der Waals surface area contributed by atoms with Gasteiger partial charge in [-0.15, -0.1) is 0 Å². The van der Waals surface area contributed by atoms with E-state index in [1.54, 1.807) is 0 Å². The number of aryl methyl sites for hydroxylation is 2. The molecule has 1 saturated heterocycles. The van der Waals surface area contributed by atoms with Gasteiger partial charge in [0.25, 0.3) is 0 Å². The number of hydrogen-bond donors (Lipinski definition) is 1. The number of anilines is 1. The first kappa shape index (κ1) is 14.0. The fraction of sp³-hybridized carbons (Fsp3) is 0.647. The first-order valence-corrected chi connectivity index (χ1v) is 8.31. The third kappa shape index (κ3) is 2.02. The third-order valence-electron chi connectivity index (χ3n) is 5.59. The lowest BCUT2D eigenvalue weighted by Crippen LogP contribution is -2.37. The summed E-state index contributed by atoms with van der Waals surface area (Å²) in [6.07, 6.45) is 4.93. The predicted molar refractivity (Wildman–Crippen MR) is 86.2 cm³/mol. The third-order valence-corrected chi connectivity index (χ3v) is 5.59. The molecule has 0 spiro atoms. The highest BCUT2D eigenvalue weighted by atomic mass is 16.3. The lowest BCUT2D eigenvalue weighted by Gasteiger charge is -2.36. The van der Waals surface area contributed by atoms with Crippen molar-refractivity contribution in [3.05, 3.63) is 23.5 Å². The van der Waals surface area contributed by atoms with E-state index in [0.29, 0.717) is 12.5 Å². The molecule has 1 saturated carbocycles. The first-order chi connectivity index (χ1) is 10.6. The number of fused-ring (bicyclic) bond motifs is 2. The van der Waals surface area contributed by atoms with E-state index in [1.807, 2.05) is 24.4 Å². The first-order valence-electron chi connectivity index (χ1n) is 8.31. The summed E-state index contributed by atoms with van der Waals surface area (Å²) < 4.78 is 1.96. The highest BCUT2D eigenvalue weighted by Crippen LogP contribution is 2.47. The van der Waals surface area contributed by atoms with Crippen molar-refractivity contribution in [2.75, 3.05) is 24.6 Å². The second-order valence-electron chi connectivity index (χ2n) is 7.16. The molecule has 4 rings (SSSR count). The highest BCUT2D eigenvalue weighted by molar-refractivity contribution is 5.53. The van der Waals surface area contributed by atoms with E-state index in [-0.39, 0.29) is 5.41 Å². The zero-order valence-electron chi connectivity index (χ0n) is 13.4. The van der Waals surface area contributed by atoms with E-state index in [9.17, 15) is 5.11 Å². The summed E-state index contributed by atoms with van der Waals surface area (Å²) in [6.45, 7) is 6.31. The van der Waals surface area contributed by atoms with Gasteiger partial charge in [-0.05, 0) is 32.6 Å². The Bertz CT molecular complexity index is 710. The van der Waals surface area contributed by atoms with E-state index in [4.69, 9.17) is 0 Å². The van der Waals surface area contributed by atoms with Gasteiger partial charge in [-0.3, -0.25) is 0 Å². The fourth-order valence-electron chi connectivity index (χ4n) is 4.43. The fourth-order valence-corrected chi connectivity index (χ4v) is 4.43. The van der Waals surface area contributed by atoms with Crippen molar-refractivity contribution < 1.29 is 5.11 Å². The van der Waals surface area contributed by atoms with Crippen LogP contribution in [-0.2, 0) is 0 Å². The Morgan fingerprint density at radius 2 is 2.14 bits per heavy atom. The average Bonchev–Trinajstić information content (AvgIpc) is 3.06. The standard InChI is InChI=1S/C17H24N4O/c1-12-8-16(21-15(18-12)7-13(2)19-21)20-9-14-5-3-4-6-17(14,10-20)11-22/h7-8,14,22H,3-6,9-11H2,1-2H3. The van der Waals surface area contributed by atoms with Crippen LogP contribution in [0, 0.1) is 25.2 Å². The lowest BCUT2D eigenvalue weighted by molar-refractivity contribution is 0.0626. The summed E-state index contributed by atoms with van der Waals surface area (Å²) in [4.78, 5) is 7.00. The Morgan fingerprint density at radius 3 is 2.91 bits per heavy atom. The van der Waals surface area contributed by atoms with Crippen LogP contribution in [0.25, 0.3) is 5.65 Å². The molecule has 2 aromatic heterocycles. The molecule has 0 aromatic carbocycles. The van der Waals surface area contributed by atoms with Crippen molar-refractivity contribution in [1.29, 1.82) is 0 Å². The highest BCUT2D eigenvalue weighted by Gasteiger charge is 2.47. The molecule has 2 atom stereocenters. The molecular formula is C17H24N4O. The van der Waals surface area contributed by atoms with E-state index in [1.165, 1.54) is 19.3 Å². The molecule has 22 heavy (non-hydrogen) atoms. The molecule has 2 aliphatic rings. The van der Waals surface area contributed by atoms with Crippen LogP contribution in [0.4, 0.5) is 5.82 Å². The Kier molecular flexibility index (Phi) is 3.15. The molecule has 5 nitrogen and oxygen atoms in total. The molecule has 1 aliphatic heterocycles. The summed E-state index contributed by atoms with van der Waals surface area (Å²) in [5.74, 6) is 1.73. The Hall–Kier alpha value is -1.62. The summed E-state index contributed by atoms with van der Waals surface area (Å²) >= 11 is 0. The van der Waals surface area contributed by atoms with Crippen molar-refractivity contribution in [3.63, 3.8) is 0 Å². The zero-order valence-corrected chi connectivity index (χ0v) is 13.4. The molecule has 1 aliphatic carbocycles. The molecule has 2 fully saturated rings. The van der Waals surface area contributed by atoms with Gasteiger partial charge in [0.05, 0.1) is 12.3 Å². The van der Waals surface area contributed by atoms with Crippen LogP contribution in [-0.4, -0.2) is 39.4 Å². The van der Waals surface area contributed by atoms with Crippen LogP contribution >= 0.6 is 0 Å². The summed E-state index contributed by atoms with van der Waals surface area (Å²) in [5.41, 5.74) is 3.02. The molecule has 3 heterocycles. The molecule has 5 heteroatoms. The smallest absolute Gasteiger partial charge is 0.157 e. The van der Waals surface area contributed by atoms with E-state index < -0.39 is 0 Å². The Balaban J connectivity index is 1.76. The zero-order chi connectivity index (χ0) is 15.3. The predicted octanol–water partition coefficient (Wildman–Crippen LogP) is 2.34. The van der Waals surface area contributed by atoms with E-state index in [0.717, 1.165) is 42.4 Å².